The molecule has 3 nitrogen and oxygen atoms in total. The molecule has 0 rings (SSSR count). The summed E-state index contributed by atoms with van der Waals surface area (Å²) in [5.41, 5.74) is -1.28. The number of nitriles is 1. The molecule has 52 valence electrons. The monoisotopic (exact) mass is 129 g/mol. The summed E-state index contributed by atoms with van der Waals surface area (Å²) in [5, 5.41) is 17.5. The van der Waals surface area contributed by atoms with Gasteiger partial charge in [0.1, 0.15) is 0 Å². The molecule has 1 N–H and O–H groups in total. The fraction of sp³-hybridized carbons (Fsp3) is 0.833. The summed E-state index contributed by atoms with van der Waals surface area (Å²) in [4.78, 5) is 0. The maximum Gasteiger partial charge on any atom is 0.174 e. The molecular formula is C6H11NO2. The Labute approximate surface area is 54.9 Å². The van der Waals surface area contributed by atoms with Crippen LogP contribution < -0.4 is 0 Å². The predicted molar refractivity (Wildman–Crippen MR) is 32.7 cm³/mol. The molecule has 1 atom stereocenters. The summed E-state index contributed by atoms with van der Waals surface area (Å²) >= 11 is 0. The Morgan fingerprint density at radius 2 is 2.33 bits per heavy atom. The zero-order chi connectivity index (χ0) is 7.33. The Hall–Kier alpha value is -0.590. The van der Waals surface area contributed by atoms with E-state index in [2.05, 4.69) is 4.74 Å². The standard InChI is InChI=1S/C6H11NO2/c1-3-6(8,4-7)5-9-2/h8H,3,5H2,1-2H3. The lowest BCUT2D eigenvalue weighted by atomic mass is 10.1. The quantitative estimate of drug-likeness (QED) is 0.557. The number of ether oxygens (including phenoxy) is 1. The summed E-state index contributed by atoms with van der Waals surface area (Å²) in [6.07, 6.45) is 0.400. The van der Waals surface area contributed by atoms with Crippen LogP contribution in [0.2, 0.25) is 0 Å². The van der Waals surface area contributed by atoms with Gasteiger partial charge in [-0.25, -0.2) is 0 Å². The minimum atomic E-state index is -1.28. The van der Waals surface area contributed by atoms with Crippen molar-refractivity contribution < 1.29 is 9.84 Å². The number of nitrogens with zero attached hydrogens (tertiary/aromatic N) is 1. The molecule has 0 bridgehead atoms. The van der Waals surface area contributed by atoms with Gasteiger partial charge in [0, 0.05) is 7.11 Å². The van der Waals surface area contributed by atoms with E-state index in [1.807, 2.05) is 0 Å². The van der Waals surface area contributed by atoms with Crippen molar-refractivity contribution in [2.24, 2.45) is 0 Å². The Balaban J connectivity index is 3.81. The lowest BCUT2D eigenvalue weighted by Crippen LogP contribution is -2.30. The van der Waals surface area contributed by atoms with Crippen molar-refractivity contribution in [2.45, 2.75) is 18.9 Å². The largest absolute Gasteiger partial charge is 0.381 e. The molecule has 0 aliphatic rings. The van der Waals surface area contributed by atoms with Crippen LogP contribution in [-0.2, 0) is 4.74 Å². The van der Waals surface area contributed by atoms with E-state index in [1.54, 1.807) is 13.0 Å². The predicted octanol–water partition coefficient (Wildman–Crippen LogP) is 0.297. The summed E-state index contributed by atoms with van der Waals surface area (Å²) in [7, 11) is 1.46. The lowest BCUT2D eigenvalue weighted by molar-refractivity contribution is 0.00954. The van der Waals surface area contributed by atoms with Gasteiger partial charge in [0.2, 0.25) is 0 Å². The fourth-order valence-electron chi connectivity index (χ4n) is 0.452. The van der Waals surface area contributed by atoms with E-state index in [9.17, 15) is 0 Å². The van der Waals surface area contributed by atoms with Gasteiger partial charge < -0.3 is 9.84 Å². The summed E-state index contributed by atoms with van der Waals surface area (Å²) in [6.45, 7) is 1.82. The molecule has 0 fully saturated rings. The third-order valence-corrected chi connectivity index (χ3v) is 1.18. The van der Waals surface area contributed by atoms with Crippen LogP contribution in [0.4, 0.5) is 0 Å². The minimum Gasteiger partial charge on any atom is -0.381 e. The first-order valence-corrected chi connectivity index (χ1v) is 2.81. The topological polar surface area (TPSA) is 53.2 Å². The van der Waals surface area contributed by atoms with Gasteiger partial charge in [-0.15, -0.1) is 0 Å². The highest BCUT2D eigenvalue weighted by atomic mass is 16.5. The van der Waals surface area contributed by atoms with E-state index in [0.29, 0.717) is 6.42 Å². The van der Waals surface area contributed by atoms with Crippen LogP contribution in [0.3, 0.4) is 0 Å². The molecular weight excluding hydrogens is 118 g/mol. The minimum absolute atomic E-state index is 0.0833. The van der Waals surface area contributed by atoms with Crippen LogP contribution in [0.15, 0.2) is 0 Å². The van der Waals surface area contributed by atoms with Crippen LogP contribution in [0.25, 0.3) is 0 Å². The van der Waals surface area contributed by atoms with Crippen molar-refractivity contribution in [3.63, 3.8) is 0 Å². The maximum atomic E-state index is 9.14. The van der Waals surface area contributed by atoms with Gasteiger partial charge in [-0.3, -0.25) is 0 Å². The van der Waals surface area contributed by atoms with Crippen molar-refractivity contribution in [1.82, 2.24) is 0 Å². The van der Waals surface area contributed by atoms with E-state index >= 15 is 0 Å². The van der Waals surface area contributed by atoms with Gasteiger partial charge in [0.25, 0.3) is 0 Å². The van der Waals surface area contributed by atoms with E-state index in [0.717, 1.165) is 0 Å². The normalized spacial score (nSPS) is 16.2. The maximum absolute atomic E-state index is 9.14. The third-order valence-electron chi connectivity index (χ3n) is 1.18. The zero-order valence-electron chi connectivity index (χ0n) is 5.72. The van der Waals surface area contributed by atoms with E-state index < -0.39 is 5.60 Å². The van der Waals surface area contributed by atoms with E-state index in [4.69, 9.17) is 10.4 Å². The van der Waals surface area contributed by atoms with Crippen LogP contribution in [0, 0.1) is 11.3 Å². The Kier molecular flexibility index (Phi) is 3.21. The molecule has 0 spiro atoms. The second-order valence-corrected chi connectivity index (χ2v) is 1.93. The van der Waals surface area contributed by atoms with Crippen LogP contribution >= 0.6 is 0 Å². The van der Waals surface area contributed by atoms with Crippen molar-refractivity contribution in [1.29, 1.82) is 5.26 Å². The molecule has 0 aromatic heterocycles. The number of aliphatic hydroxyl groups is 1. The van der Waals surface area contributed by atoms with Crippen LogP contribution in [0.5, 0.6) is 0 Å². The van der Waals surface area contributed by atoms with Crippen molar-refractivity contribution >= 4 is 0 Å². The fourth-order valence-corrected chi connectivity index (χ4v) is 0.452. The molecule has 0 amide bonds. The molecule has 0 saturated carbocycles. The Morgan fingerprint density at radius 1 is 1.78 bits per heavy atom. The smallest absolute Gasteiger partial charge is 0.174 e. The first-order chi connectivity index (χ1) is 4.18. The number of methoxy groups -OCH3 is 1. The number of hydrogen-bond acceptors (Lipinski definition) is 3. The highest BCUT2D eigenvalue weighted by Crippen LogP contribution is 2.07. The van der Waals surface area contributed by atoms with E-state index in [1.165, 1.54) is 7.11 Å². The molecule has 0 aromatic carbocycles. The first-order valence-electron chi connectivity index (χ1n) is 2.81. The highest BCUT2D eigenvalue weighted by Gasteiger charge is 2.22. The second-order valence-electron chi connectivity index (χ2n) is 1.93. The highest BCUT2D eigenvalue weighted by molar-refractivity contribution is 4.98. The zero-order valence-corrected chi connectivity index (χ0v) is 5.72. The molecule has 3 heteroatoms. The molecule has 0 aliphatic carbocycles. The molecule has 9 heavy (non-hydrogen) atoms. The van der Waals surface area contributed by atoms with Gasteiger partial charge in [-0.05, 0) is 6.42 Å². The third kappa shape index (κ3) is 2.45. The SMILES string of the molecule is CCC(O)(C#N)COC. The number of rotatable bonds is 3. The molecule has 0 aliphatic heterocycles. The molecule has 0 heterocycles. The number of hydrogen-bond donors (Lipinski definition) is 1. The summed E-state index contributed by atoms with van der Waals surface area (Å²) in [6, 6.07) is 1.76. The van der Waals surface area contributed by atoms with Crippen molar-refractivity contribution in [2.75, 3.05) is 13.7 Å². The van der Waals surface area contributed by atoms with Gasteiger partial charge in [0.15, 0.2) is 5.60 Å². The summed E-state index contributed by atoms with van der Waals surface area (Å²) < 4.78 is 4.62. The Bertz CT molecular complexity index is 119. The Morgan fingerprint density at radius 3 is 2.44 bits per heavy atom. The molecule has 0 saturated heterocycles. The van der Waals surface area contributed by atoms with E-state index in [-0.39, 0.29) is 6.61 Å². The average molecular weight is 129 g/mol. The van der Waals surface area contributed by atoms with Crippen LogP contribution in [0.1, 0.15) is 13.3 Å². The van der Waals surface area contributed by atoms with Crippen LogP contribution in [-0.4, -0.2) is 24.4 Å². The van der Waals surface area contributed by atoms with Crippen molar-refractivity contribution in [3.8, 4) is 6.07 Å². The summed E-state index contributed by atoms with van der Waals surface area (Å²) in [5.74, 6) is 0. The van der Waals surface area contributed by atoms with Gasteiger partial charge in [0.05, 0.1) is 12.7 Å². The first kappa shape index (κ1) is 8.41. The van der Waals surface area contributed by atoms with Gasteiger partial charge in [-0.2, -0.15) is 5.26 Å². The second kappa shape index (κ2) is 3.44. The van der Waals surface area contributed by atoms with Gasteiger partial charge >= 0.3 is 0 Å². The molecule has 1 unspecified atom stereocenters. The van der Waals surface area contributed by atoms with Crippen molar-refractivity contribution in [3.05, 3.63) is 0 Å². The van der Waals surface area contributed by atoms with Gasteiger partial charge in [-0.1, -0.05) is 6.92 Å². The molecule has 0 aromatic rings. The molecule has 0 radical (unpaired) electrons. The lowest BCUT2D eigenvalue weighted by Gasteiger charge is -2.15. The average Bonchev–Trinajstić information content (AvgIpc) is 1.89.